The molecule has 0 bridgehead atoms. The molecule has 0 fully saturated rings. The molecule has 0 saturated carbocycles. The first kappa shape index (κ1) is 15.1. The minimum atomic E-state index is -0.420. The number of hydrogen-bond donors (Lipinski definition) is 1. The average Bonchev–Trinajstić information content (AvgIpc) is 2.76. The lowest BCUT2D eigenvalue weighted by atomic mass is 10.2. The average molecular weight is 314 g/mol. The van der Waals surface area contributed by atoms with Crippen LogP contribution >= 0.6 is 23.2 Å². The van der Waals surface area contributed by atoms with Gasteiger partial charge in [0.25, 0.3) is 0 Å². The van der Waals surface area contributed by atoms with Crippen molar-refractivity contribution < 1.29 is 4.79 Å². The molecule has 0 aliphatic rings. The van der Waals surface area contributed by atoms with Crippen molar-refractivity contribution in [1.29, 1.82) is 0 Å². The van der Waals surface area contributed by atoms with Crippen LogP contribution in [0.15, 0.2) is 18.2 Å². The van der Waals surface area contributed by atoms with E-state index in [2.05, 4.69) is 10.3 Å². The van der Waals surface area contributed by atoms with Crippen LogP contribution in [0.5, 0.6) is 0 Å². The molecule has 0 aliphatic carbocycles. The number of carbonyl (C=O) groups is 1. The zero-order valence-corrected chi connectivity index (χ0v) is 13.2. The molecule has 1 unspecified atom stereocenters. The number of benzene rings is 1. The second-order valence-corrected chi connectivity index (χ2v) is 5.65. The number of fused-ring (bicyclic) bond motifs is 1. The number of imidazole rings is 1. The maximum absolute atomic E-state index is 12.2. The number of alkyl halides is 1. The number of nitrogens with zero attached hydrogens (tertiary/aromatic N) is 2. The molecule has 1 N–H and O–H groups in total. The molecule has 1 atom stereocenters. The van der Waals surface area contributed by atoms with E-state index in [0.717, 1.165) is 11.0 Å². The van der Waals surface area contributed by atoms with Crippen LogP contribution in [0.4, 0.5) is 0 Å². The maximum Gasteiger partial charge on any atom is 0.243 e. The highest BCUT2D eigenvalue weighted by molar-refractivity contribution is 6.35. The standard InChI is InChI=1S/C14H17Cl2N3O/c1-8(2)17-14(20)9(3)19-12(7-15)18-11-6-4-5-10(16)13(11)19/h4-6,8-9H,7H2,1-3H3,(H,17,20). The first-order chi connectivity index (χ1) is 9.45. The predicted octanol–water partition coefficient (Wildman–Crippen LogP) is 3.51. The SMILES string of the molecule is CC(C)NC(=O)C(C)n1c(CCl)nc2cccc(Cl)c21. The largest absolute Gasteiger partial charge is 0.352 e. The van der Waals surface area contributed by atoms with Crippen LogP contribution in [0.3, 0.4) is 0 Å². The number of rotatable bonds is 4. The molecule has 2 aromatic rings. The van der Waals surface area contributed by atoms with Crippen LogP contribution in [-0.2, 0) is 10.7 Å². The van der Waals surface area contributed by atoms with E-state index in [4.69, 9.17) is 23.2 Å². The summed E-state index contributed by atoms with van der Waals surface area (Å²) in [7, 11) is 0. The fourth-order valence-corrected chi connectivity index (χ4v) is 2.64. The Morgan fingerprint density at radius 3 is 2.70 bits per heavy atom. The van der Waals surface area contributed by atoms with Crippen LogP contribution in [-0.4, -0.2) is 21.5 Å². The highest BCUT2D eigenvalue weighted by Gasteiger charge is 2.22. The summed E-state index contributed by atoms with van der Waals surface area (Å²) >= 11 is 12.2. The minimum Gasteiger partial charge on any atom is -0.352 e. The predicted molar refractivity (Wildman–Crippen MR) is 82.3 cm³/mol. The Kier molecular flexibility index (Phi) is 4.55. The molecule has 4 nitrogen and oxygen atoms in total. The van der Waals surface area contributed by atoms with Gasteiger partial charge >= 0.3 is 0 Å². The zero-order chi connectivity index (χ0) is 14.9. The van der Waals surface area contributed by atoms with Gasteiger partial charge in [0.15, 0.2) is 0 Å². The molecule has 1 amide bonds. The molecule has 20 heavy (non-hydrogen) atoms. The van der Waals surface area contributed by atoms with Crippen LogP contribution < -0.4 is 5.32 Å². The molecule has 1 aromatic heterocycles. The molecule has 6 heteroatoms. The molecular weight excluding hydrogens is 297 g/mol. The van der Waals surface area contributed by atoms with Crippen molar-refractivity contribution in [2.75, 3.05) is 0 Å². The Bertz CT molecular complexity index is 637. The highest BCUT2D eigenvalue weighted by Crippen LogP contribution is 2.28. The third-order valence-corrected chi connectivity index (χ3v) is 3.60. The Balaban J connectivity index is 2.54. The molecule has 1 heterocycles. The van der Waals surface area contributed by atoms with Gasteiger partial charge in [0, 0.05) is 6.04 Å². The van der Waals surface area contributed by atoms with Gasteiger partial charge in [-0.3, -0.25) is 4.79 Å². The van der Waals surface area contributed by atoms with Gasteiger partial charge in [0.2, 0.25) is 5.91 Å². The summed E-state index contributed by atoms with van der Waals surface area (Å²) in [5.74, 6) is 0.788. The summed E-state index contributed by atoms with van der Waals surface area (Å²) in [5, 5.41) is 3.46. The monoisotopic (exact) mass is 313 g/mol. The summed E-state index contributed by atoms with van der Waals surface area (Å²) in [6.07, 6.45) is 0. The van der Waals surface area contributed by atoms with E-state index in [1.54, 1.807) is 6.07 Å². The van der Waals surface area contributed by atoms with Crippen molar-refractivity contribution in [2.24, 2.45) is 0 Å². The number of aromatic nitrogens is 2. The number of carbonyl (C=O) groups excluding carboxylic acids is 1. The fraction of sp³-hybridized carbons (Fsp3) is 0.429. The number of hydrogen-bond acceptors (Lipinski definition) is 2. The molecule has 0 radical (unpaired) electrons. The van der Waals surface area contributed by atoms with Crippen molar-refractivity contribution in [2.45, 2.75) is 38.7 Å². The van der Waals surface area contributed by atoms with Crippen molar-refractivity contribution >= 4 is 40.1 Å². The summed E-state index contributed by atoms with van der Waals surface area (Å²) in [6.45, 7) is 5.66. The third-order valence-electron chi connectivity index (χ3n) is 3.05. The van der Waals surface area contributed by atoms with Gasteiger partial charge in [0.1, 0.15) is 11.9 Å². The number of halogens is 2. The normalized spacial score (nSPS) is 12.9. The van der Waals surface area contributed by atoms with Crippen LogP contribution in [0, 0.1) is 0 Å². The van der Waals surface area contributed by atoms with E-state index < -0.39 is 6.04 Å². The molecule has 0 spiro atoms. The lowest BCUT2D eigenvalue weighted by Crippen LogP contribution is -2.36. The number of para-hydroxylation sites is 1. The first-order valence-corrected chi connectivity index (χ1v) is 7.38. The molecule has 0 saturated heterocycles. The minimum absolute atomic E-state index is 0.0782. The fourth-order valence-electron chi connectivity index (χ4n) is 2.19. The van der Waals surface area contributed by atoms with E-state index in [0.29, 0.717) is 10.8 Å². The van der Waals surface area contributed by atoms with Crippen LogP contribution in [0.25, 0.3) is 11.0 Å². The topological polar surface area (TPSA) is 46.9 Å². The Labute approximate surface area is 128 Å². The second-order valence-electron chi connectivity index (χ2n) is 4.98. The van der Waals surface area contributed by atoms with Gasteiger partial charge in [-0.2, -0.15) is 0 Å². The quantitative estimate of drug-likeness (QED) is 0.878. The van der Waals surface area contributed by atoms with Crippen LogP contribution in [0.2, 0.25) is 5.02 Å². The van der Waals surface area contributed by atoms with Gasteiger partial charge in [-0.1, -0.05) is 17.7 Å². The highest BCUT2D eigenvalue weighted by atomic mass is 35.5. The first-order valence-electron chi connectivity index (χ1n) is 6.47. The summed E-state index contributed by atoms with van der Waals surface area (Å²) < 4.78 is 1.81. The van der Waals surface area contributed by atoms with Gasteiger partial charge in [-0.05, 0) is 32.9 Å². The van der Waals surface area contributed by atoms with Gasteiger partial charge < -0.3 is 9.88 Å². The number of nitrogens with one attached hydrogen (secondary N) is 1. The van der Waals surface area contributed by atoms with E-state index in [1.165, 1.54) is 0 Å². The zero-order valence-electron chi connectivity index (χ0n) is 11.7. The van der Waals surface area contributed by atoms with Crippen molar-refractivity contribution in [3.8, 4) is 0 Å². The van der Waals surface area contributed by atoms with E-state index >= 15 is 0 Å². The Morgan fingerprint density at radius 1 is 1.40 bits per heavy atom. The van der Waals surface area contributed by atoms with Crippen molar-refractivity contribution in [1.82, 2.24) is 14.9 Å². The van der Waals surface area contributed by atoms with E-state index in [9.17, 15) is 4.79 Å². The van der Waals surface area contributed by atoms with Gasteiger partial charge in [0.05, 0.1) is 21.9 Å². The second kappa shape index (κ2) is 6.02. The molecular formula is C14H17Cl2N3O. The van der Waals surface area contributed by atoms with Crippen LogP contribution in [0.1, 0.15) is 32.6 Å². The molecule has 0 aliphatic heterocycles. The third kappa shape index (κ3) is 2.76. The number of amides is 1. The van der Waals surface area contributed by atoms with Gasteiger partial charge in [-0.15, -0.1) is 11.6 Å². The lowest BCUT2D eigenvalue weighted by molar-refractivity contribution is -0.124. The molecule has 1 aromatic carbocycles. The lowest BCUT2D eigenvalue weighted by Gasteiger charge is -2.18. The Hall–Kier alpha value is -1.26. The Morgan fingerprint density at radius 2 is 2.10 bits per heavy atom. The van der Waals surface area contributed by atoms with Crippen molar-refractivity contribution in [3.63, 3.8) is 0 Å². The summed E-state index contributed by atoms with van der Waals surface area (Å²) in [5.41, 5.74) is 1.49. The van der Waals surface area contributed by atoms with E-state index in [1.807, 2.05) is 37.5 Å². The van der Waals surface area contributed by atoms with Crippen molar-refractivity contribution in [3.05, 3.63) is 29.0 Å². The summed E-state index contributed by atoms with van der Waals surface area (Å²) in [6, 6.07) is 5.14. The van der Waals surface area contributed by atoms with Gasteiger partial charge in [-0.25, -0.2) is 4.98 Å². The smallest absolute Gasteiger partial charge is 0.243 e. The molecule has 2 rings (SSSR count). The maximum atomic E-state index is 12.2. The van der Waals surface area contributed by atoms with E-state index in [-0.39, 0.29) is 17.8 Å². The molecule has 108 valence electrons. The summed E-state index contributed by atoms with van der Waals surface area (Å²) in [4.78, 5) is 16.7.